The van der Waals surface area contributed by atoms with Gasteiger partial charge in [0, 0.05) is 0 Å². The van der Waals surface area contributed by atoms with Gasteiger partial charge in [0.25, 0.3) is 0 Å². The van der Waals surface area contributed by atoms with Crippen LogP contribution in [0.4, 0.5) is 0 Å². The molecule has 0 amide bonds. The van der Waals surface area contributed by atoms with E-state index in [2.05, 4.69) is 27.7 Å². The van der Waals surface area contributed by atoms with E-state index in [9.17, 15) is 5.11 Å². The summed E-state index contributed by atoms with van der Waals surface area (Å²) in [6, 6.07) is 0. The van der Waals surface area contributed by atoms with Crippen LogP contribution in [0.25, 0.3) is 0 Å². The van der Waals surface area contributed by atoms with Crippen LogP contribution < -0.4 is 0 Å². The Morgan fingerprint density at radius 2 is 1.73 bits per heavy atom. The quantitative estimate of drug-likeness (QED) is 0.745. The van der Waals surface area contributed by atoms with Gasteiger partial charge in [0.05, 0.1) is 5.60 Å². The summed E-state index contributed by atoms with van der Waals surface area (Å²) in [4.78, 5) is 0. The summed E-state index contributed by atoms with van der Waals surface area (Å²) in [5, 5.41) is 10.4. The Bertz CT molecular complexity index is 182. The highest BCUT2D eigenvalue weighted by molar-refractivity contribution is 4.88. The van der Waals surface area contributed by atoms with Crippen LogP contribution in [0.5, 0.6) is 0 Å². The lowest BCUT2D eigenvalue weighted by Crippen LogP contribution is -2.37. The Hall–Kier alpha value is -0.0400. The molecule has 1 saturated carbocycles. The lowest BCUT2D eigenvalue weighted by molar-refractivity contribution is -0.0326. The highest BCUT2D eigenvalue weighted by Gasteiger charge is 2.36. The second-order valence-electron chi connectivity index (χ2n) is 6.47. The zero-order chi connectivity index (χ0) is 11.5. The maximum Gasteiger partial charge on any atom is 0.0648 e. The Balaban J connectivity index is 2.41. The summed E-state index contributed by atoms with van der Waals surface area (Å²) in [6.07, 6.45) is 7.86. The van der Waals surface area contributed by atoms with Crippen molar-refractivity contribution in [3.8, 4) is 0 Å². The summed E-state index contributed by atoms with van der Waals surface area (Å²) < 4.78 is 0. The number of aliphatic hydroxyl groups is 1. The van der Waals surface area contributed by atoms with E-state index >= 15 is 0 Å². The third kappa shape index (κ3) is 3.79. The van der Waals surface area contributed by atoms with E-state index in [1.54, 1.807) is 0 Å². The number of rotatable bonds is 3. The fourth-order valence-corrected chi connectivity index (χ4v) is 2.78. The van der Waals surface area contributed by atoms with Crippen LogP contribution in [0.3, 0.4) is 0 Å². The monoisotopic (exact) mass is 212 g/mol. The Morgan fingerprint density at radius 3 is 2.13 bits per heavy atom. The molecule has 0 aromatic rings. The molecule has 1 rings (SSSR count). The standard InChI is InChI=1S/C14H28O/c1-5-6-9-14(15)10-7-12(8-11-14)13(2,3)4/h12,15H,5-11H2,1-4H3. The first-order valence-corrected chi connectivity index (χ1v) is 6.60. The topological polar surface area (TPSA) is 20.2 Å². The molecule has 0 bridgehead atoms. The SMILES string of the molecule is CCCCC1(O)CCC(C(C)(C)C)CC1. The van der Waals surface area contributed by atoms with E-state index < -0.39 is 0 Å². The predicted octanol–water partition coefficient (Wildman–Crippen LogP) is 4.14. The van der Waals surface area contributed by atoms with Gasteiger partial charge in [-0.15, -0.1) is 0 Å². The third-order valence-electron chi connectivity index (χ3n) is 4.14. The van der Waals surface area contributed by atoms with Crippen LogP contribution in [0.1, 0.15) is 72.6 Å². The molecule has 0 unspecified atom stereocenters. The molecule has 0 radical (unpaired) electrons. The molecular formula is C14H28O. The molecule has 0 spiro atoms. The molecule has 1 heteroatoms. The van der Waals surface area contributed by atoms with Crippen molar-refractivity contribution in [3.63, 3.8) is 0 Å². The van der Waals surface area contributed by atoms with E-state index in [0.29, 0.717) is 5.41 Å². The molecule has 0 aliphatic heterocycles. The van der Waals surface area contributed by atoms with Crippen molar-refractivity contribution in [3.05, 3.63) is 0 Å². The smallest absolute Gasteiger partial charge is 0.0648 e. The van der Waals surface area contributed by atoms with Gasteiger partial charge in [0.15, 0.2) is 0 Å². The first kappa shape index (κ1) is 13.0. The van der Waals surface area contributed by atoms with E-state index in [4.69, 9.17) is 0 Å². The minimum Gasteiger partial charge on any atom is -0.390 e. The van der Waals surface area contributed by atoms with Crippen LogP contribution >= 0.6 is 0 Å². The van der Waals surface area contributed by atoms with Gasteiger partial charge in [-0.3, -0.25) is 0 Å². The van der Waals surface area contributed by atoms with Crippen LogP contribution in [-0.2, 0) is 0 Å². The molecule has 0 atom stereocenters. The fourth-order valence-electron chi connectivity index (χ4n) is 2.78. The predicted molar refractivity (Wildman–Crippen MR) is 65.9 cm³/mol. The molecule has 1 nitrogen and oxygen atoms in total. The van der Waals surface area contributed by atoms with E-state index in [-0.39, 0.29) is 5.60 Å². The van der Waals surface area contributed by atoms with Crippen molar-refractivity contribution in [2.24, 2.45) is 11.3 Å². The van der Waals surface area contributed by atoms with Crippen LogP contribution in [0.2, 0.25) is 0 Å². The first-order valence-electron chi connectivity index (χ1n) is 6.60. The maximum atomic E-state index is 10.4. The van der Waals surface area contributed by atoms with Crippen LogP contribution in [-0.4, -0.2) is 10.7 Å². The average molecular weight is 212 g/mol. The van der Waals surface area contributed by atoms with Crippen molar-refractivity contribution in [1.82, 2.24) is 0 Å². The van der Waals surface area contributed by atoms with E-state index in [0.717, 1.165) is 25.2 Å². The average Bonchev–Trinajstić information content (AvgIpc) is 2.14. The second-order valence-corrected chi connectivity index (χ2v) is 6.47. The van der Waals surface area contributed by atoms with Crippen molar-refractivity contribution < 1.29 is 5.11 Å². The summed E-state index contributed by atoms with van der Waals surface area (Å²) in [6.45, 7) is 9.18. The highest BCUT2D eigenvalue weighted by atomic mass is 16.3. The van der Waals surface area contributed by atoms with Crippen molar-refractivity contribution in [1.29, 1.82) is 0 Å². The summed E-state index contributed by atoms with van der Waals surface area (Å²) >= 11 is 0. The Labute approximate surface area is 95.3 Å². The minimum absolute atomic E-state index is 0.322. The van der Waals surface area contributed by atoms with Gasteiger partial charge in [-0.2, -0.15) is 0 Å². The lowest BCUT2D eigenvalue weighted by Gasteiger charge is -2.41. The molecule has 1 aliphatic rings. The van der Waals surface area contributed by atoms with E-state index in [1.165, 1.54) is 25.7 Å². The molecule has 90 valence electrons. The summed E-state index contributed by atoms with van der Waals surface area (Å²) in [5.41, 5.74) is 0.101. The summed E-state index contributed by atoms with van der Waals surface area (Å²) in [7, 11) is 0. The summed E-state index contributed by atoms with van der Waals surface area (Å²) in [5.74, 6) is 0.805. The molecule has 1 aliphatic carbocycles. The second kappa shape index (κ2) is 4.86. The maximum absolute atomic E-state index is 10.4. The molecule has 0 aromatic carbocycles. The zero-order valence-electron chi connectivity index (χ0n) is 11.0. The van der Waals surface area contributed by atoms with Gasteiger partial charge >= 0.3 is 0 Å². The number of hydrogen-bond donors (Lipinski definition) is 1. The molecule has 1 fully saturated rings. The Kier molecular flexibility index (Phi) is 4.22. The highest BCUT2D eigenvalue weighted by Crippen LogP contribution is 2.42. The molecular weight excluding hydrogens is 184 g/mol. The fraction of sp³-hybridized carbons (Fsp3) is 1.00. The van der Waals surface area contributed by atoms with Gasteiger partial charge in [-0.1, -0.05) is 40.5 Å². The van der Waals surface area contributed by atoms with Crippen LogP contribution in [0, 0.1) is 11.3 Å². The zero-order valence-corrected chi connectivity index (χ0v) is 11.0. The van der Waals surface area contributed by atoms with Crippen LogP contribution in [0.15, 0.2) is 0 Å². The molecule has 15 heavy (non-hydrogen) atoms. The first-order chi connectivity index (χ1) is 6.87. The minimum atomic E-state index is -0.322. The van der Waals surface area contributed by atoms with Gasteiger partial charge in [-0.25, -0.2) is 0 Å². The molecule has 0 saturated heterocycles. The molecule has 0 heterocycles. The van der Waals surface area contributed by atoms with Crippen molar-refractivity contribution in [2.75, 3.05) is 0 Å². The molecule has 0 aromatic heterocycles. The van der Waals surface area contributed by atoms with Gasteiger partial charge in [0.1, 0.15) is 0 Å². The number of unbranched alkanes of at least 4 members (excludes halogenated alkanes) is 1. The largest absolute Gasteiger partial charge is 0.390 e. The van der Waals surface area contributed by atoms with Crippen molar-refractivity contribution >= 4 is 0 Å². The lowest BCUT2D eigenvalue weighted by atomic mass is 9.67. The van der Waals surface area contributed by atoms with Gasteiger partial charge < -0.3 is 5.11 Å². The van der Waals surface area contributed by atoms with Gasteiger partial charge in [0.2, 0.25) is 0 Å². The normalized spacial score (nSPS) is 33.0. The third-order valence-corrected chi connectivity index (χ3v) is 4.14. The van der Waals surface area contributed by atoms with Crippen molar-refractivity contribution in [2.45, 2.75) is 78.2 Å². The Morgan fingerprint density at radius 1 is 1.20 bits per heavy atom. The number of hydrogen-bond acceptors (Lipinski definition) is 1. The molecule has 1 N–H and O–H groups in total. The van der Waals surface area contributed by atoms with Gasteiger partial charge in [-0.05, 0) is 43.4 Å². The van der Waals surface area contributed by atoms with E-state index in [1.807, 2.05) is 0 Å².